The predicted octanol–water partition coefficient (Wildman–Crippen LogP) is 2.79. The molecule has 2 aromatic rings. The zero-order chi connectivity index (χ0) is 19.9. The normalized spacial score (nSPS) is 18.8. The minimum absolute atomic E-state index is 0.217. The van der Waals surface area contributed by atoms with Gasteiger partial charge in [-0.2, -0.15) is 0 Å². The maximum Gasteiger partial charge on any atom is 0.244 e. The van der Waals surface area contributed by atoms with Crippen LogP contribution in [0.15, 0.2) is 53.4 Å². The Morgan fingerprint density at radius 1 is 0.929 bits per heavy atom. The Labute approximate surface area is 164 Å². The van der Waals surface area contributed by atoms with E-state index in [-0.39, 0.29) is 16.6 Å². The number of hydrogen-bond acceptors (Lipinski definition) is 4. The Balaban J connectivity index is 1.47. The lowest BCUT2D eigenvalue weighted by molar-refractivity contribution is -0.131. The van der Waals surface area contributed by atoms with Gasteiger partial charge in [0.1, 0.15) is 5.82 Å². The molecule has 4 rings (SSSR count). The predicted molar refractivity (Wildman–Crippen MR) is 106 cm³/mol. The molecule has 28 heavy (non-hydrogen) atoms. The van der Waals surface area contributed by atoms with Gasteiger partial charge in [0.2, 0.25) is 5.91 Å². The Hall–Kier alpha value is -2.41. The SMILES string of the molecule is Cc1ccc(S(=O)(=O)C2(C(=O)N3CCN(c4ccc(F)cc4)CC3)CC2)cc1. The molecule has 1 saturated carbocycles. The average Bonchev–Trinajstić information content (AvgIpc) is 3.51. The highest BCUT2D eigenvalue weighted by molar-refractivity contribution is 7.94. The summed E-state index contributed by atoms with van der Waals surface area (Å²) in [6.07, 6.45) is 0.750. The number of amides is 1. The number of benzene rings is 2. The molecule has 0 spiro atoms. The van der Waals surface area contributed by atoms with E-state index >= 15 is 0 Å². The van der Waals surface area contributed by atoms with Crippen molar-refractivity contribution < 1.29 is 17.6 Å². The number of hydrogen-bond donors (Lipinski definition) is 0. The summed E-state index contributed by atoms with van der Waals surface area (Å²) in [6, 6.07) is 13.0. The minimum atomic E-state index is -3.71. The molecular weight excluding hydrogens is 379 g/mol. The first-order valence-corrected chi connectivity index (χ1v) is 10.9. The molecule has 0 N–H and O–H groups in total. The smallest absolute Gasteiger partial charge is 0.244 e. The van der Waals surface area contributed by atoms with Crippen molar-refractivity contribution >= 4 is 21.4 Å². The van der Waals surface area contributed by atoms with E-state index in [0.717, 1.165) is 11.3 Å². The van der Waals surface area contributed by atoms with E-state index in [1.165, 1.54) is 12.1 Å². The van der Waals surface area contributed by atoms with E-state index < -0.39 is 14.6 Å². The molecule has 0 radical (unpaired) electrons. The van der Waals surface area contributed by atoms with Crippen LogP contribution in [0, 0.1) is 12.7 Å². The molecular formula is C21H23FN2O3S. The first-order chi connectivity index (χ1) is 13.3. The highest BCUT2D eigenvalue weighted by Crippen LogP contribution is 2.48. The molecule has 5 nitrogen and oxygen atoms in total. The largest absolute Gasteiger partial charge is 0.368 e. The maximum absolute atomic E-state index is 13.1. The van der Waals surface area contributed by atoms with E-state index in [1.54, 1.807) is 41.3 Å². The van der Waals surface area contributed by atoms with E-state index in [4.69, 9.17) is 0 Å². The molecule has 0 bridgehead atoms. The molecule has 2 aliphatic rings. The van der Waals surface area contributed by atoms with Gasteiger partial charge in [0.05, 0.1) is 4.90 Å². The molecule has 0 atom stereocenters. The summed E-state index contributed by atoms with van der Waals surface area (Å²) >= 11 is 0. The van der Waals surface area contributed by atoms with Crippen LogP contribution in [0.4, 0.5) is 10.1 Å². The standard InChI is InChI=1S/C21H23FN2O3S/c1-16-2-8-19(9-3-16)28(26,27)21(10-11-21)20(25)24-14-12-23(13-15-24)18-6-4-17(22)5-7-18/h2-9H,10-15H2,1H3. The van der Waals surface area contributed by atoms with Crippen molar-refractivity contribution in [1.82, 2.24) is 4.90 Å². The summed E-state index contributed by atoms with van der Waals surface area (Å²) in [5.74, 6) is -0.568. The van der Waals surface area contributed by atoms with Crippen molar-refractivity contribution in [3.63, 3.8) is 0 Å². The molecule has 1 heterocycles. The van der Waals surface area contributed by atoms with Crippen molar-refractivity contribution in [2.24, 2.45) is 0 Å². The molecule has 1 amide bonds. The van der Waals surface area contributed by atoms with Gasteiger partial charge >= 0.3 is 0 Å². The number of sulfone groups is 1. The van der Waals surface area contributed by atoms with Crippen molar-refractivity contribution in [2.45, 2.75) is 29.4 Å². The van der Waals surface area contributed by atoms with Crippen LogP contribution < -0.4 is 4.90 Å². The number of halogens is 1. The third-order valence-corrected chi connectivity index (χ3v) is 8.20. The van der Waals surface area contributed by atoms with Crippen molar-refractivity contribution in [3.8, 4) is 0 Å². The van der Waals surface area contributed by atoms with Crippen LogP contribution in [0.2, 0.25) is 0 Å². The molecule has 1 aliphatic heterocycles. The molecule has 1 saturated heterocycles. The Morgan fingerprint density at radius 2 is 1.50 bits per heavy atom. The van der Waals surface area contributed by atoms with Gasteiger partial charge in [-0.05, 0) is 56.2 Å². The second-order valence-corrected chi connectivity index (χ2v) is 9.83. The van der Waals surface area contributed by atoms with Gasteiger partial charge in [-0.1, -0.05) is 17.7 Å². The number of anilines is 1. The summed E-state index contributed by atoms with van der Waals surface area (Å²) in [5.41, 5.74) is 1.88. The lowest BCUT2D eigenvalue weighted by Gasteiger charge is -2.37. The van der Waals surface area contributed by atoms with Crippen LogP contribution in [-0.4, -0.2) is 50.2 Å². The lowest BCUT2D eigenvalue weighted by atomic mass is 10.2. The van der Waals surface area contributed by atoms with Crippen molar-refractivity contribution in [3.05, 3.63) is 59.9 Å². The third kappa shape index (κ3) is 3.17. The number of carbonyl (C=O) groups excluding carboxylic acids is 1. The first-order valence-electron chi connectivity index (χ1n) is 9.45. The maximum atomic E-state index is 13.1. The third-order valence-electron chi connectivity index (χ3n) is 5.70. The topological polar surface area (TPSA) is 57.7 Å². The fourth-order valence-corrected chi connectivity index (χ4v) is 5.71. The van der Waals surface area contributed by atoms with Gasteiger partial charge in [0.15, 0.2) is 14.6 Å². The quantitative estimate of drug-likeness (QED) is 0.789. The Kier molecular flexibility index (Phi) is 4.65. The monoisotopic (exact) mass is 402 g/mol. The Bertz CT molecular complexity index is 975. The summed E-state index contributed by atoms with van der Waals surface area (Å²) in [7, 11) is -3.71. The van der Waals surface area contributed by atoms with Crippen LogP contribution in [-0.2, 0) is 14.6 Å². The summed E-state index contributed by atoms with van der Waals surface area (Å²) in [6.45, 7) is 4.01. The van der Waals surface area contributed by atoms with Gasteiger partial charge in [-0.25, -0.2) is 12.8 Å². The molecule has 7 heteroatoms. The molecule has 0 unspecified atom stereocenters. The molecule has 148 valence electrons. The second-order valence-electron chi connectivity index (χ2n) is 7.57. The minimum Gasteiger partial charge on any atom is -0.368 e. The number of aryl methyl sites for hydroxylation is 1. The molecule has 1 aliphatic carbocycles. The van der Waals surface area contributed by atoms with Crippen LogP contribution in [0.3, 0.4) is 0 Å². The molecule has 0 aromatic heterocycles. The van der Waals surface area contributed by atoms with Gasteiger partial charge in [0.25, 0.3) is 0 Å². The van der Waals surface area contributed by atoms with E-state index in [0.29, 0.717) is 39.0 Å². The van der Waals surface area contributed by atoms with Crippen LogP contribution in [0.25, 0.3) is 0 Å². The van der Waals surface area contributed by atoms with Gasteiger partial charge < -0.3 is 9.80 Å². The van der Waals surface area contributed by atoms with E-state index in [2.05, 4.69) is 4.90 Å². The lowest BCUT2D eigenvalue weighted by Crippen LogP contribution is -2.53. The van der Waals surface area contributed by atoms with Gasteiger partial charge in [-0.3, -0.25) is 4.79 Å². The number of rotatable bonds is 4. The molecule has 2 aromatic carbocycles. The Morgan fingerprint density at radius 3 is 2.04 bits per heavy atom. The number of nitrogens with zero attached hydrogens (tertiary/aromatic N) is 2. The van der Waals surface area contributed by atoms with E-state index in [9.17, 15) is 17.6 Å². The van der Waals surface area contributed by atoms with E-state index in [1.807, 2.05) is 6.92 Å². The van der Waals surface area contributed by atoms with Crippen LogP contribution in [0.1, 0.15) is 18.4 Å². The van der Waals surface area contributed by atoms with Crippen LogP contribution >= 0.6 is 0 Å². The highest BCUT2D eigenvalue weighted by Gasteiger charge is 2.62. The fraction of sp³-hybridized carbons (Fsp3) is 0.381. The van der Waals surface area contributed by atoms with Gasteiger partial charge in [-0.15, -0.1) is 0 Å². The summed E-state index contributed by atoms with van der Waals surface area (Å²) < 4.78 is 38.1. The highest BCUT2D eigenvalue weighted by atomic mass is 32.2. The summed E-state index contributed by atoms with van der Waals surface area (Å²) in [5, 5.41) is 0. The second kappa shape index (κ2) is 6.88. The zero-order valence-corrected chi connectivity index (χ0v) is 16.6. The average molecular weight is 402 g/mol. The summed E-state index contributed by atoms with van der Waals surface area (Å²) in [4.78, 5) is 17.1. The van der Waals surface area contributed by atoms with Crippen LogP contribution in [0.5, 0.6) is 0 Å². The zero-order valence-electron chi connectivity index (χ0n) is 15.8. The fourth-order valence-electron chi connectivity index (χ4n) is 3.76. The first kappa shape index (κ1) is 18.9. The van der Waals surface area contributed by atoms with Gasteiger partial charge in [0, 0.05) is 31.9 Å². The van der Waals surface area contributed by atoms with Crippen molar-refractivity contribution in [1.29, 1.82) is 0 Å². The van der Waals surface area contributed by atoms with Crippen molar-refractivity contribution in [2.75, 3.05) is 31.1 Å². The molecule has 2 fully saturated rings. The number of piperazine rings is 1. The number of carbonyl (C=O) groups is 1.